The van der Waals surface area contributed by atoms with Crippen molar-refractivity contribution in [1.82, 2.24) is 4.90 Å². The van der Waals surface area contributed by atoms with Gasteiger partial charge in [-0.1, -0.05) is 29.8 Å². The third-order valence-corrected chi connectivity index (χ3v) is 3.49. The van der Waals surface area contributed by atoms with Crippen LogP contribution in [0.5, 0.6) is 5.75 Å². The van der Waals surface area contributed by atoms with Crippen molar-refractivity contribution in [3.63, 3.8) is 0 Å². The van der Waals surface area contributed by atoms with E-state index >= 15 is 0 Å². The van der Waals surface area contributed by atoms with E-state index in [1.807, 2.05) is 43.4 Å². The number of hydrogen-bond acceptors (Lipinski definition) is 3. The molecule has 2 aromatic carbocycles. The first kappa shape index (κ1) is 15.4. The minimum Gasteiger partial charge on any atom is -0.492 e. The molecule has 0 aliphatic heterocycles. The number of hydrogen-bond donors (Lipinski definition) is 0. The molecular weight excluding hydrogens is 284 g/mol. The summed E-state index contributed by atoms with van der Waals surface area (Å²) in [6.07, 6.45) is 0. The molecule has 0 amide bonds. The number of halogens is 1. The van der Waals surface area contributed by atoms with Crippen molar-refractivity contribution in [3.05, 3.63) is 64.7 Å². The standard InChI is InChI=1S/C17H17ClN2O/c1-20(13-15-4-2-3-5-17(15)18)10-11-21-16-8-6-14(12-19)7-9-16/h2-9H,10-11,13H2,1H3. The molecule has 4 heteroatoms. The molecule has 0 radical (unpaired) electrons. The van der Waals surface area contributed by atoms with E-state index in [9.17, 15) is 0 Å². The maximum atomic E-state index is 8.73. The fourth-order valence-electron chi connectivity index (χ4n) is 1.94. The predicted octanol–water partition coefficient (Wildman–Crippen LogP) is 3.72. The first-order valence-electron chi connectivity index (χ1n) is 6.74. The highest BCUT2D eigenvalue weighted by molar-refractivity contribution is 6.31. The van der Waals surface area contributed by atoms with Gasteiger partial charge in [-0.3, -0.25) is 4.90 Å². The Kier molecular flexibility index (Phi) is 5.62. The fraction of sp³-hybridized carbons (Fsp3) is 0.235. The summed E-state index contributed by atoms with van der Waals surface area (Å²) < 4.78 is 5.66. The van der Waals surface area contributed by atoms with Crippen LogP contribution in [0, 0.1) is 11.3 Å². The van der Waals surface area contributed by atoms with Gasteiger partial charge < -0.3 is 4.74 Å². The van der Waals surface area contributed by atoms with Crippen molar-refractivity contribution in [1.29, 1.82) is 5.26 Å². The first-order chi connectivity index (χ1) is 10.2. The van der Waals surface area contributed by atoms with Crippen LogP contribution in [-0.2, 0) is 6.54 Å². The molecule has 0 aromatic heterocycles. The van der Waals surface area contributed by atoms with Crippen molar-refractivity contribution in [2.24, 2.45) is 0 Å². The van der Waals surface area contributed by atoms with Gasteiger partial charge in [-0.15, -0.1) is 0 Å². The quantitative estimate of drug-likeness (QED) is 0.815. The van der Waals surface area contributed by atoms with E-state index in [1.54, 1.807) is 12.1 Å². The molecule has 0 aliphatic rings. The SMILES string of the molecule is CN(CCOc1ccc(C#N)cc1)Cc1ccccc1Cl. The first-order valence-corrected chi connectivity index (χ1v) is 7.12. The fourth-order valence-corrected chi connectivity index (χ4v) is 2.14. The van der Waals surface area contributed by atoms with E-state index < -0.39 is 0 Å². The van der Waals surface area contributed by atoms with Crippen LogP contribution in [0.4, 0.5) is 0 Å². The van der Waals surface area contributed by atoms with Gasteiger partial charge in [0.05, 0.1) is 11.6 Å². The lowest BCUT2D eigenvalue weighted by atomic mass is 10.2. The molecule has 0 saturated heterocycles. The monoisotopic (exact) mass is 300 g/mol. The van der Waals surface area contributed by atoms with Gasteiger partial charge in [0.15, 0.2) is 0 Å². The highest BCUT2D eigenvalue weighted by Crippen LogP contribution is 2.16. The molecule has 2 rings (SSSR count). The Morgan fingerprint density at radius 3 is 2.52 bits per heavy atom. The lowest BCUT2D eigenvalue weighted by Gasteiger charge is -2.17. The molecule has 0 bridgehead atoms. The van der Waals surface area contributed by atoms with Gasteiger partial charge in [0.1, 0.15) is 12.4 Å². The van der Waals surface area contributed by atoms with Crippen LogP contribution >= 0.6 is 11.6 Å². The summed E-state index contributed by atoms with van der Waals surface area (Å²) in [6, 6.07) is 17.1. The lowest BCUT2D eigenvalue weighted by Crippen LogP contribution is -2.24. The van der Waals surface area contributed by atoms with Gasteiger partial charge in [-0.05, 0) is 42.9 Å². The summed E-state index contributed by atoms with van der Waals surface area (Å²) in [5.74, 6) is 0.778. The summed E-state index contributed by atoms with van der Waals surface area (Å²) in [5, 5.41) is 9.52. The van der Waals surface area contributed by atoms with Crippen molar-refractivity contribution in [2.45, 2.75) is 6.54 Å². The molecule has 0 heterocycles. The van der Waals surface area contributed by atoms with E-state index in [2.05, 4.69) is 11.0 Å². The van der Waals surface area contributed by atoms with E-state index in [-0.39, 0.29) is 0 Å². The molecule has 0 spiro atoms. The molecule has 0 fully saturated rings. The summed E-state index contributed by atoms with van der Waals surface area (Å²) in [6.45, 7) is 2.18. The number of benzene rings is 2. The number of nitriles is 1. The van der Waals surface area contributed by atoms with Crippen LogP contribution in [0.3, 0.4) is 0 Å². The van der Waals surface area contributed by atoms with Crippen molar-refractivity contribution in [2.75, 3.05) is 20.2 Å². The largest absolute Gasteiger partial charge is 0.492 e. The Balaban J connectivity index is 1.77. The second-order valence-electron chi connectivity index (χ2n) is 4.81. The van der Waals surface area contributed by atoms with Crippen LogP contribution in [0.2, 0.25) is 5.02 Å². The average molecular weight is 301 g/mol. The molecule has 0 N–H and O–H groups in total. The summed E-state index contributed by atoms with van der Waals surface area (Å²) >= 11 is 6.14. The molecule has 108 valence electrons. The topological polar surface area (TPSA) is 36.3 Å². The number of ether oxygens (including phenoxy) is 1. The zero-order chi connectivity index (χ0) is 15.1. The zero-order valence-electron chi connectivity index (χ0n) is 11.9. The van der Waals surface area contributed by atoms with E-state index in [4.69, 9.17) is 21.6 Å². The molecule has 21 heavy (non-hydrogen) atoms. The highest BCUT2D eigenvalue weighted by Gasteiger charge is 2.04. The molecule has 0 saturated carbocycles. The maximum absolute atomic E-state index is 8.73. The summed E-state index contributed by atoms with van der Waals surface area (Å²) in [5.41, 5.74) is 1.75. The summed E-state index contributed by atoms with van der Waals surface area (Å²) in [7, 11) is 2.03. The van der Waals surface area contributed by atoms with Crippen molar-refractivity contribution in [3.8, 4) is 11.8 Å². The summed E-state index contributed by atoms with van der Waals surface area (Å²) in [4.78, 5) is 2.16. The Bertz CT molecular complexity index is 619. The Labute approximate surface area is 130 Å². The minimum atomic E-state index is 0.590. The second-order valence-corrected chi connectivity index (χ2v) is 5.22. The maximum Gasteiger partial charge on any atom is 0.119 e. The van der Waals surface area contributed by atoms with Gasteiger partial charge >= 0.3 is 0 Å². The second kappa shape index (κ2) is 7.68. The van der Waals surface area contributed by atoms with Crippen LogP contribution in [0.25, 0.3) is 0 Å². The van der Waals surface area contributed by atoms with E-state index in [0.29, 0.717) is 12.2 Å². The predicted molar refractivity (Wildman–Crippen MR) is 84.4 cm³/mol. The third kappa shape index (κ3) is 4.78. The van der Waals surface area contributed by atoms with Gasteiger partial charge in [0.2, 0.25) is 0 Å². The minimum absolute atomic E-state index is 0.590. The van der Waals surface area contributed by atoms with Crippen LogP contribution < -0.4 is 4.74 Å². The third-order valence-electron chi connectivity index (χ3n) is 3.12. The molecule has 3 nitrogen and oxygen atoms in total. The van der Waals surface area contributed by atoms with Crippen molar-refractivity contribution >= 4 is 11.6 Å². The van der Waals surface area contributed by atoms with Crippen LogP contribution in [0.1, 0.15) is 11.1 Å². The van der Waals surface area contributed by atoms with E-state index in [0.717, 1.165) is 29.4 Å². The zero-order valence-corrected chi connectivity index (χ0v) is 12.7. The Morgan fingerprint density at radius 2 is 1.86 bits per heavy atom. The van der Waals surface area contributed by atoms with Gasteiger partial charge in [-0.2, -0.15) is 5.26 Å². The van der Waals surface area contributed by atoms with Crippen LogP contribution in [-0.4, -0.2) is 25.1 Å². The molecule has 0 aliphatic carbocycles. The van der Waals surface area contributed by atoms with Gasteiger partial charge in [0, 0.05) is 18.1 Å². The van der Waals surface area contributed by atoms with E-state index in [1.165, 1.54) is 0 Å². The number of rotatable bonds is 6. The number of nitrogens with zero attached hydrogens (tertiary/aromatic N) is 2. The smallest absolute Gasteiger partial charge is 0.119 e. The molecule has 2 aromatic rings. The molecule has 0 atom stereocenters. The Hall–Kier alpha value is -2.02. The van der Waals surface area contributed by atoms with Crippen LogP contribution in [0.15, 0.2) is 48.5 Å². The normalized spacial score (nSPS) is 10.4. The average Bonchev–Trinajstić information content (AvgIpc) is 2.50. The lowest BCUT2D eigenvalue weighted by molar-refractivity contribution is 0.233. The van der Waals surface area contributed by atoms with Gasteiger partial charge in [0.25, 0.3) is 0 Å². The van der Waals surface area contributed by atoms with Crippen molar-refractivity contribution < 1.29 is 4.74 Å². The Morgan fingerprint density at radius 1 is 1.14 bits per heavy atom. The van der Waals surface area contributed by atoms with Gasteiger partial charge in [-0.25, -0.2) is 0 Å². The number of likely N-dealkylation sites (N-methyl/N-ethyl adjacent to an activating group) is 1. The molecule has 0 unspecified atom stereocenters. The molecular formula is C17H17ClN2O. The highest BCUT2D eigenvalue weighted by atomic mass is 35.5.